The molecule has 0 saturated heterocycles. The number of carbonyl (C=O) groups is 1. The van der Waals surface area contributed by atoms with Gasteiger partial charge in [-0.2, -0.15) is 0 Å². The van der Waals surface area contributed by atoms with Crippen molar-refractivity contribution in [3.8, 4) is 0 Å². The Morgan fingerprint density at radius 3 is 2.74 bits per heavy atom. The van der Waals surface area contributed by atoms with Crippen LogP contribution in [0, 0.1) is 13.8 Å². The lowest BCUT2D eigenvalue weighted by Gasteiger charge is -2.09. The number of carbonyl (C=O) groups excluding carboxylic acids is 1. The molecule has 0 aliphatic rings. The van der Waals surface area contributed by atoms with E-state index in [2.05, 4.69) is 17.2 Å². The quantitative estimate of drug-likeness (QED) is 0.787. The Balaban J connectivity index is 2.05. The van der Waals surface area contributed by atoms with Gasteiger partial charge in [0.15, 0.2) is 0 Å². The molecule has 0 fully saturated rings. The highest BCUT2D eigenvalue weighted by Crippen LogP contribution is 2.19. The number of nitrogens with zero attached hydrogens (tertiary/aromatic N) is 2. The SMILES string of the molecule is CCCc1nc2cc(C)ccn2c1C(=O)Nc1ccccc1C. The fourth-order valence-electron chi connectivity index (χ4n) is 2.74. The largest absolute Gasteiger partial charge is 0.320 e. The average molecular weight is 307 g/mol. The van der Waals surface area contributed by atoms with Gasteiger partial charge < -0.3 is 5.32 Å². The van der Waals surface area contributed by atoms with Crippen molar-refractivity contribution < 1.29 is 4.79 Å². The first kappa shape index (κ1) is 15.3. The molecule has 2 aromatic heterocycles. The Labute approximate surface area is 136 Å². The first-order valence-electron chi connectivity index (χ1n) is 7.94. The van der Waals surface area contributed by atoms with Crippen LogP contribution in [0.1, 0.15) is 40.7 Å². The molecular formula is C19H21N3O. The number of rotatable bonds is 4. The van der Waals surface area contributed by atoms with Crippen LogP contribution in [0.5, 0.6) is 0 Å². The van der Waals surface area contributed by atoms with Gasteiger partial charge in [0.25, 0.3) is 5.91 Å². The van der Waals surface area contributed by atoms with Crippen molar-refractivity contribution in [2.45, 2.75) is 33.6 Å². The van der Waals surface area contributed by atoms with Gasteiger partial charge in [-0.1, -0.05) is 31.5 Å². The van der Waals surface area contributed by atoms with Gasteiger partial charge in [-0.05, 0) is 49.6 Å². The summed E-state index contributed by atoms with van der Waals surface area (Å²) >= 11 is 0. The Morgan fingerprint density at radius 2 is 2.00 bits per heavy atom. The van der Waals surface area contributed by atoms with E-state index in [1.807, 2.05) is 60.8 Å². The maximum Gasteiger partial charge on any atom is 0.274 e. The zero-order chi connectivity index (χ0) is 16.4. The van der Waals surface area contributed by atoms with E-state index in [-0.39, 0.29) is 5.91 Å². The number of anilines is 1. The third-order valence-corrected chi connectivity index (χ3v) is 3.95. The Morgan fingerprint density at radius 1 is 1.22 bits per heavy atom. The van der Waals surface area contributed by atoms with Crippen molar-refractivity contribution in [2.24, 2.45) is 0 Å². The number of pyridine rings is 1. The van der Waals surface area contributed by atoms with Crippen molar-refractivity contribution in [1.29, 1.82) is 0 Å². The fourth-order valence-corrected chi connectivity index (χ4v) is 2.74. The maximum atomic E-state index is 12.9. The Bertz CT molecular complexity index is 864. The molecule has 4 heteroatoms. The lowest BCUT2D eigenvalue weighted by atomic mass is 10.1. The minimum Gasteiger partial charge on any atom is -0.320 e. The molecule has 2 heterocycles. The smallest absolute Gasteiger partial charge is 0.274 e. The molecule has 0 aliphatic heterocycles. The maximum absolute atomic E-state index is 12.9. The summed E-state index contributed by atoms with van der Waals surface area (Å²) in [5, 5.41) is 3.02. The highest BCUT2D eigenvalue weighted by atomic mass is 16.2. The molecule has 1 N–H and O–H groups in total. The molecule has 118 valence electrons. The monoisotopic (exact) mass is 307 g/mol. The molecule has 0 unspecified atom stereocenters. The predicted octanol–water partition coefficient (Wildman–Crippen LogP) is 4.16. The van der Waals surface area contributed by atoms with E-state index in [1.165, 1.54) is 0 Å². The summed E-state index contributed by atoms with van der Waals surface area (Å²) in [6.45, 7) is 6.11. The zero-order valence-electron chi connectivity index (χ0n) is 13.8. The van der Waals surface area contributed by atoms with Crippen LogP contribution < -0.4 is 5.32 Å². The summed E-state index contributed by atoms with van der Waals surface area (Å²) in [6.07, 6.45) is 3.66. The van der Waals surface area contributed by atoms with Crippen LogP contribution in [0.3, 0.4) is 0 Å². The number of benzene rings is 1. The summed E-state index contributed by atoms with van der Waals surface area (Å²) in [6, 6.07) is 11.8. The van der Waals surface area contributed by atoms with Gasteiger partial charge in [0.05, 0.1) is 5.69 Å². The highest BCUT2D eigenvalue weighted by Gasteiger charge is 2.19. The summed E-state index contributed by atoms with van der Waals surface area (Å²) in [5.41, 5.74) is 5.32. The first-order chi connectivity index (χ1) is 11.1. The lowest BCUT2D eigenvalue weighted by Crippen LogP contribution is -2.17. The topological polar surface area (TPSA) is 46.4 Å². The number of fused-ring (bicyclic) bond motifs is 1. The van der Waals surface area contributed by atoms with Crippen LogP contribution in [0.2, 0.25) is 0 Å². The predicted molar refractivity (Wildman–Crippen MR) is 93.1 cm³/mol. The summed E-state index contributed by atoms with van der Waals surface area (Å²) in [7, 11) is 0. The van der Waals surface area contributed by atoms with Gasteiger partial charge in [0, 0.05) is 11.9 Å². The number of aromatic nitrogens is 2. The Kier molecular flexibility index (Phi) is 4.15. The van der Waals surface area contributed by atoms with E-state index in [9.17, 15) is 4.79 Å². The van der Waals surface area contributed by atoms with Crippen LogP contribution in [-0.4, -0.2) is 15.3 Å². The third kappa shape index (κ3) is 2.97. The number of amides is 1. The van der Waals surface area contributed by atoms with E-state index in [0.29, 0.717) is 5.69 Å². The summed E-state index contributed by atoms with van der Waals surface area (Å²) < 4.78 is 1.88. The van der Waals surface area contributed by atoms with Crippen LogP contribution in [-0.2, 0) is 6.42 Å². The van der Waals surface area contributed by atoms with Gasteiger partial charge >= 0.3 is 0 Å². The van der Waals surface area contributed by atoms with Gasteiger partial charge in [-0.15, -0.1) is 0 Å². The van der Waals surface area contributed by atoms with E-state index in [1.54, 1.807) is 0 Å². The van der Waals surface area contributed by atoms with Crippen molar-refractivity contribution in [2.75, 3.05) is 5.32 Å². The Hall–Kier alpha value is -2.62. The highest BCUT2D eigenvalue weighted by molar-refractivity contribution is 6.04. The van der Waals surface area contributed by atoms with Crippen molar-refractivity contribution in [1.82, 2.24) is 9.38 Å². The third-order valence-electron chi connectivity index (χ3n) is 3.95. The first-order valence-corrected chi connectivity index (χ1v) is 7.94. The molecule has 3 aromatic rings. The number of imidazole rings is 1. The fraction of sp³-hybridized carbons (Fsp3) is 0.263. The molecule has 3 rings (SSSR count). The van der Waals surface area contributed by atoms with Crippen LogP contribution in [0.15, 0.2) is 42.6 Å². The average Bonchev–Trinajstić information content (AvgIpc) is 2.87. The van der Waals surface area contributed by atoms with E-state index in [0.717, 1.165) is 41.0 Å². The van der Waals surface area contributed by atoms with Gasteiger partial charge in [-0.25, -0.2) is 4.98 Å². The molecule has 1 aromatic carbocycles. The summed E-state index contributed by atoms with van der Waals surface area (Å²) in [4.78, 5) is 17.5. The van der Waals surface area contributed by atoms with E-state index in [4.69, 9.17) is 0 Å². The molecule has 0 bridgehead atoms. The standard InChI is InChI=1S/C19H21N3O/c1-4-7-16-18(22-11-10-13(2)12-17(22)20-16)19(23)21-15-9-6-5-8-14(15)3/h5-6,8-12H,4,7H2,1-3H3,(H,21,23). The number of nitrogens with one attached hydrogen (secondary N) is 1. The normalized spacial score (nSPS) is 10.9. The molecule has 1 amide bonds. The van der Waals surface area contributed by atoms with E-state index < -0.39 is 0 Å². The molecular weight excluding hydrogens is 286 g/mol. The lowest BCUT2D eigenvalue weighted by molar-refractivity contribution is 0.102. The molecule has 0 radical (unpaired) electrons. The molecule has 4 nitrogen and oxygen atoms in total. The van der Waals surface area contributed by atoms with Crippen molar-refractivity contribution in [3.63, 3.8) is 0 Å². The van der Waals surface area contributed by atoms with E-state index >= 15 is 0 Å². The number of hydrogen-bond donors (Lipinski definition) is 1. The minimum atomic E-state index is -0.112. The second-order valence-electron chi connectivity index (χ2n) is 5.86. The van der Waals surface area contributed by atoms with Gasteiger partial charge in [0.2, 0.25) is 0 Å². The van der Waals surface area contributed by atoms with Gasteiger partial charge in [-0.3, -0.25) is 9.20 Å². The molecule has 0 spiro atoms. The molecule has 0 aliphatic carbocycles. The molecule has 0 atom stereocenters. The number of para-hydroxylation sites is 1. The van der Waals surface area contributed by atoms with Crippen LogP contribution in [0.25, 0.3) is 5.65 Å². The van der Waals surface area contributed by atoms with Crippen molar-refractivity contribution in [3.05, 3.63) is 65.1 Å². The van der Waals surface area contributed by atoms with Crippen molar-refractivity contribution >= 4 is 17.2 Å². The zero-order valence-corrected chi connectivity index (χ0v) is 13.8. The van der Waals surface area contributed by atoms with Crippen LogP contribution in [0.4, 0.5) is 5.69 Å². The second kappa shape index (κ2) is 6.24. The summed E-state index contributed by atoms with van der Waals surface area (Å²) in [5.74, 6) is -0.112. The minimum absolute atomic E-state index is 0.112. The number of hydrogen-bond acceptors (Lipinski definition) is 2. The molecule has 0 saturated carbocycles. The number of aryl methyl sites for hydroxylation is 3. The molecule has 23 heavy (non-hydrogen) atoms. The van der Waals surface area contributed by atoms with Crippen LogP contribution >= 0.6 is 0 Å². The second-order valence-corrected chi connectivity index (χ2v) is 5.86. The van der Waals surface area contributed by atoms with Gasteiger partial charge in [0.1, 0.15) is 11.3 Å².